The van der Waals surface area contributed by atoms with Crippen LogP contribution in [-0.2, 0) is 0 Å². The standard InChI is InChI=1S/C10H7FN2O/c1-6(5-12)10-13-8-3-2-7(11)4-9(8)14-10/h2-4,6H,1H3. The van der Waals surface area contributed by atoms with E-state index in [9.17, 15) is 4.39 Å². The third kappa shape index (κ3) is 1.33. The number of nitrogens with zero attached hydrogens (tertiary/aromatic N) is 2. The lowest BCUT2D eigenvalue weighted by atomic mass is 10.2. The molecule has 1 aromatic carbocycles. The Labute approximate surface area is 79.8 Å². The molecule has 1 unspecified atom stereocenters. The molecule has 0 bridgehead atoms. The summed E-state index contributed by atoms with van der Waals surface area (Å²) in [5.74, 6) is -0.455. The van der Waals surface area contributed by atoms with Crippen molar-refractivity contribution in [3.05, 3.63) is 29.9 Å². The zero-order chi connectivity index (χ0) is 10.1. The molecule has 0 spiro atoms. The maximum absolute atomic E-state index is 12.8. The SMILES string of the molecule is CC(C#N)c1nc2ccc(F)cc2o1. The lowest BCUT2D eigenvalue weighted by Crippen LogP contribution is -1.87. The Balaban J connectivity index is 2.58. The molecule has 14 heavy (non-hydrogen) atoms. The molecule has 1 atom stereocenters. The van der Waals surface area contributed by atoms with E-state index in [2.05, 4.69) is 4.98 Å². The average Bonchev–Trinajstić information content (AvgIpc) is 2.59. The molecule has 0 aliphatic heterocycles. The van der Waals surface area contributed by atoms with Gasteiger partial charge in [0.2, 0.25) is 5.89 Å². The Kier molecular flexibility index (Phi) is 1.93. The summed E-state index contributed by atoms with van der Waals surface area (Å²) in [6, 6.07) is 6.11. The van der Waals surface area contributed by atoms with Crippen LogP contribution in [0.3, 0.4) is 0 Å². The highest BCUT2D eigenvalue weighted by Crippen LogP contribution is 2.21. The second-order valence-electron chi connectivity index (χ2n) is 3.01. The van der Waals surface area contributed by atoms with Gasteiger partial charge in [0.1, 0.15) is 17.3 Å². The Morgan fingerprint density at radius 2 is 2.36 bits per heavy atom. The van der Waals surface area contributed by atoms with Gasteiger partial charge in [-0.1, -0.05) is 0 Å². The third-order valence-electron chi connectivity index (χ3n) is 1.93. The molecule has 4 heteroatoms. The first-order valence-electron chi connectivity index (χ1n) is 4.16. The third-order valence-corrected chi connectivity index (χ3v) is 1.93. The van der Waals surface area contributed by atoms with Crippen LogP contribution >= 0.6 is 0 Å². The van der Waals surface area contributed by atoms with Gasteiger partial charge in [-0.15, -0.1) is 0 Å². The monoisotopic (exact) mass is 190 g/mol. The van der Waals surface area contributed by atoms with Crippen molar-refractivity contribution in [2.24, 2.45) is 0 Å². The average molecular weight is 190 g/mol. The summed E-state index contributed by atoms with van der Waals surface area (Å²) in [7, 11) is 0. The molecule has 3 nitrogen and oxygen atoms in total. The molecule has 2 rings (SSSR count). The maximum atomic E-state index is 12.8. The van der Waals surface area contributed by atoms with Crippen LogP contribution in [-0.4, -0.2) is 4.98 Å². The zero-order valence-electron chi connectivity index (χ0n) is 7.49. The van der Waals surface area contributed by atoms with Gasteiger partial charge in [-0.05, 0) is 19.1 Å². The fourth-order valence-corrected chi connectivity index (χ4v) is 1.16. The number of halogens is 1. The summed E-state index contributed by atoms with van der Waals surface area (Å²) in [6.07, 6.45) is 0. The first-order valence-corrected chi connectivity index (χ1v) is 4.16. The van der Waals surface area contributed by atoms with Gasteiger partial charge < -0.3 is 4.42 Å². The molecule has 0 N–H and O–H groups in total. The van der Waals surface area contributed by atoms with Gasteiger partial charge in [-0.25, -0.2) is 9.37 Å². The summed E-state index contributed by atoms with van der Waals surface area (Å²) in [6.45, 7) is 1.68. The minimum absolute atomic E-state index is 0.327. The van der Waals surface area contributed by atoms with E-state index in [1.165, 1.54) is 18.2 Å². The summed E-state index contributed by atoms with van der Waals surface area (Å²) in [4.78, 5) is 4.07. The van der Waals surface area contributed by atoms with Crippen LogP contribution in [0.5, 0.6) is 0 Å². The topological polar surface area (TPSA) is 49.8 Å². The molecule has 0 aliphatic carbocycles. The molecule has 0 amide bonds. The summed E-state index contributed by atoms with van der Waals surface area (Å²) in [5.41, 5.74) is 0.950. The lowest BCUT2D eigenvalue weighted by Gasteiger charge is -1.90. The zero-order valence-corrected chi connectivity index (χ0v) is 7.49. The van der Waals surface area contributed by atoms with E-state index in [4.69, 9.17) is 9.68 Å². The van der Waals surface area contributed by atoms with Crippen LogP contribution in [0, 0.1) is 17.1 Å². The Morgan fingerprint density at radius 3 is 3.07 bits per heavy atom. The van der Waals surface area contributed by atoms with E-state index in [1.54, 1.807) is 6.92 Å². The molecular formula is C10H7FN2O. The molecular weight excluding hydrogens is 183 g/mol. The Morgan fingerprint density at radius 1 is 1.57 bits per heavy atom. The number of aromatic nitrogens is 1. The second kappa shape index (κ2) is 3.11. The van der Waals surface area contributed by atoms with Gasteiger partial charge >= 0.3 is 0 Å². The summed E-state index contributed by atoms with van der Waals surface area (Å²) >= 11 is 0. The van der Waals surface area contributed by atoms with E-state index in [-0.39, 0.29) is 5.82 Å². The molecule has 0 aliphatic rings. The van der Waals surface area contributed by atoms with Gasteiger partial charge in [0.05, 0.1) is 6.07 Å². The molecule has 0 radical (unpaired) electrons. The van der Waals surface area contributed by atoms with E-state index in [1.807, 2.05) is 6.07 Å². The van der Waals surface area contributed by atoms with E-state index >= 15 is 0 Å². The minimum Gasteiger partial charge on any atom is -0.439 e. The van der Waals surface area contributed by atoms with Gasteiger partial charge in [0, 0.05) is 6.07 Å². The van der Waals surface area contributed by atoms with Crippen molar-refractivity contribution in [2.45, 2.75) is 12.8 Å². The molecule has 0 saturated carbocycles. The number of fused-ring (bicyclic) bond motifs is 1. The Hall–Kier alpha value is -1.89. The van der Waals surface area contributed by atoms with Gasteiger partial charge in [0.15, 0.2) is 5.58 Å². The van der Waals surface area contributed by atoms with Crippen molar-refractivity contribution in [2.75, 3.05) is 0 Å². The van der Waals surface area contributed by atoms with Crippen molar-refractivity contribution in [1.29, 1.82) is 5.26 Å². The maximum Gasteiger partial charge on any atom is 0.212 e. The lowest BCUT2D eigenvalue weighted by molar-refractivity contribution is 0.518. The van der Waals surface area contributed by atoms with Crippen LogP contribution < -0.4 is 0 Å². The van der Waals surface area contributed by atoms with Crippen LogP contribution in [0.15, 0.2) is 22.6 Å². The molecule has 0 saturated heterocycles. The number of rotatable bonds is 1. The smallest absolute Gasteiger partial charge is 0.212 e. The molecule has 0 fully saturated rings. The van der Waals surface area contributed by atoms with Gasteiger partial charge in [0.25, 0.3) is 0 Å². The van der Waals surface area contributed by atoms with Gasteiger partial charge in [-0.3, -0.25) is 0 Å². The number of oxazole rings is 1. The van der Waals surface area contributed by atoms with Crippen LogP contribution in [0.1, 0.15) is 18.7 Å². The molecule has 70 valence electrons. The highest BCUT2D eigenvalue weighted by Gasteiger charge is 2.12. The van der Waals surface area contributed by atoms with E-state index in [0.717, 1.165) is 0 Å². The van der Waals surface area contributed by atoms with Crippen molar-refractivity contribution < 1.29 is 8.81 Å². The number of hydrogen-bond acceptors (Lipinski definition) is 3. The largest absolute Gasteiger partial charge is 0.439 e. The molecule has 1 heterocycles. The highest BCUT2D eigenvalue weighted by molar-refractivity contribution is 5.72. The number of nitriles is 1. The predicted octanol–water partition coefficient (Wildman–Crippen LogP) is 2.59. The number of hydrogen-bond donors (Lipinski definition) is 0. The first-order chi connectivity index (χ1) is 6.70. The van der Waals surface area contributed by atoms with Crippen molar-refractivity contribution in [3.8, 4) is 6.07 Å². The molecule has 2 aromatic rings. The van der Waals surface area contributed by atoms with Gasteiger partial charge in [-0.2, -0.15) is 5.26 Å². The Bertz CT molecular complexity index is 512. The minimum atomic E-state index is -0.412. The first kappa shape index (κ1) is 8.70. The fraction of sp³-hybridized carbons (Fsp3) is 0.200. The molecule has 1 aromatic heterocycles. The quantitative estimate of drug-likeness (QED) is 0.694. The summed E-state index contributed by atoms with van der Waals surface area (Å²) < 4.78 is 18.0. The van der Waals surface area contributed by atoms with Crippen LogP contribution in [0.2, 0.25) is 0 Å². The van der Waals surface area contributed by atoms with Crippen molar-refractivity contribution in [1.82, 2.24) is 4.98 Å². The van der Waals surface area contributed by atoms with E-state index in [0.29, 0.717) is 17.0 Å². The highest BCUT2D eigenvalue weighted by atomic mass is 19.1. The van der Waals surface area contributed by atoms with Crippen LogP contribution in [0.25, 0.3) is 11.1 Å². The number of benzene rings is 1. The van der Waals surface area contributed by atoms with Crippen LogP contribution in [0.4, 0.5) is 4.39 Å². The normalized spacial score (nSPS) is 12.6. The predicted molar refractivity (Wildman–Crippen MR) is 48.0 cm³/mol. The van der Waals surface area contributed by atoms with Crippen molar-refractivity contribution in [3.63, 3.8) is 0 Å². The second-order valence-corrected chi connectivity index (χ2v) is 3.01. The summed E-state index contributed by atoms with van der Waals surface area (Å²) in [5, 5.41) is 8.64. The van der Waals surface area contributed by atoms with E-state index < -0.39 is 5.92 Å². The fourth-order valence-electron chi connectivity index (χ4n) is 1.16. The van der Waals surface area contributed by atoms with Crippen molar-refractivity contribution >= 4 is 11.1 Å².